The van der Waals surface area contributed by atoms with Gasteiger partial charge in [-0.2, -0.15) is 4.68 Å². The minimum absolute atomic E-state index is 0.116. The molecule has 4 heterocycles. The molecule has 37 heavy (non-hydrogen) atoms. The van der Waals surface area contributed by atoms with E-state index in [2.05, 4.69) is 20.8 Å². The SMILES string of the molecule is CC(C)(C)C(=O)OCn1nnnc1C1N2C(=O)C(N3C(=O)C(c4ccccc4)NC3(C)C)[C@@H]2SC1(C)C. The summed E-state index contributed by atoms with van der Waals surface area (Å²) in [6.45, 7) is 13.1. The topological polar surface area (TPSA) is 123 Å². The largest absolute Gasteiger partial charge is 0.442 e. The fourth-order valence-electron chi connectivity index (χ4n) is 5.34. The van der Waals surface area contributed by atoms with E-state index in [0.29, 0.717) is 5.82 Å². The molecule has 5 rings (SSSR count). The molecule has 198 valence electrons. The number of esters is 1. The number of nitrogens with zero attached hydrogens (tertiary/aromatic N) is 6. The van der Waals surface area contributed by atoms with Crippen molar-refractivity contribution < 1.29 is 19.1 Å². The Balaban J connectivity index is 1.40. The number of fused-ring (bicyclic) bond motifs is 1. The number of amides is 2. The Morgan fingerprint density at radius 2 is 1.78 bits per heavy atom. The van der Waals surface area contributed by atoms with Crippen LogP contribution in [0, 0.1) is 5.41 Å². The molecule has 2 amide bonds. The van der Waals surface area contributed by atoms with Crippen LogP contribution in [0.5, 0.6) is 0 Å². The number of tetrazole rings is 1. The molecule has 11 nitrogen and oxygen atoms in total. The molecule has 0 saturated carbocycles. The van der Waals surface area contributed by atoms with Crippen LogP contribution in [-0.2, 0) is 25.9 Å². The summed E-state index contributed by atoms with van der Waals surface area (Å²) in [6, 6.07) is 7.97. The molecule has 12 heteroatoms. The fourth-order valence-corrected chi connectivity index (χ4v) is 7.02. The monoisotopic (exact) mass is 527 g/mol. The van der Waals surface area contributed by atoms with E-state index in [0.717, 1.165) is 5.56 Å². The average molecular weight is 528 g/mol. The maximum atomic E-state index is 13.7. The summed E-state index contributed by atoms with van der Waals surface area (Å²) < 4.78 is 6.41. The van der Waals surface area contributed by atoms with Crippen LogP contribution in [0.15, 0.2) is 30.3 Å². The van der Waals surface area contributed by atoms with E-state index in [1.54, 1.807) is 42.3 Å². The van der Waals surface area contributed by atoms with E-state index in [4.69, 9.17) is 4.74 Å². The summed E-state index contributed by atoms with van der Waals surface area (Å²) in [5.74, 6) is -0.191. The highest BCUT2D eigenvalue weighted by Crippen LogP contribution is 2.59. The van der Waals surface area contributed by atoms with Crippen molar-refractivity contribution in [2.24, 2.45) is 5.41 Å². The van der Waals surface area contributed by atoms with Crippen LogP contribution in [0.1, 0.15) is 71.9 Å². The maximum absolute atomic E-state index is 13.7. The van der Waals surface area contributed by atoms with Gasteiger partial charge in [-0.1, -0.05) is 30.3 Å². The first-order valence-electron chi connectivity index (χ1n) is 12.3. The highest BCUT2D eigenvalue weighted by molar-refractivity contribution is 8.01. The maximum Gasteiger partial charge on any atom is 0.313 e. The summed E-state index contributed by atoms with van der Waals surface area (Å²) in [6.07, 6.45) is 0. The Morgan fingerprint density at radius 3 is 2.43 bits per heavy atom. The number of thioether (sulfide) groups is 1. The summed E-state index contributed by atoms with van der Waals surface area (Å²) in [5, 5.41) is 15.2. The van der Waals surface area contributed by atoms with Crippen LogP contribution in [0.4, 0.5) is 0 Å². The van der Waals surface area contributed by atoms with Crippen molar-refractivity contribution in [3.8, 4) is 0 Å². The van der Waals surface area contributed by atoms with Gasteiger partial charge in [0.25, 0.3) is 0 Å². The van der Waals surface area contributed by atoms with Crippen LogP contribution in [0.3, 0.4) is 0 Å². The lowest BCUT2D eigenvalue weighted by molar-refractivity contribution is -0.166. The second-order valence-corrected chi connectivity index (χ2v) is 13.6. The third-order valence-electron chi connectivity index (χ3n) is 7.14. The van der Waals surface area contributed by atoms with Gasteiger partial charge in [0.1, 0.15) is 23.5 Å². The van der Waals surface area contributed by atoms with E-state index >= 15 is 0 Å². The second-order valence-electron chi connectivity index (χ2n) is 11.8. The van der Waals surface area contributed by atoms with Gasteiger partial charge in [-0.15, -0.1) is 16.9 Å². The predicted molar refractivity (Wildman–Crippen MR) is 135 cm³/mol. The zero-order valence-corrected chi connectivity index (χ0v) is 22.9. The van der Waals surface area contributed by atoms with Crippen molar-refractivity contribution in [1.29, 1.82) is 0 Å². The van der Waals surface area contributed by atoms with Gasteiger partial charge in [-0.05, 0) is 64.5 Å². The van der Waals surface area contributed by atoms with Crippen molar-refractivity contribution in [3.63, 3.8) is 0 Å². The number of carbonyl (C=O) groups excluding carboxylic acids is 3. The Labute approximate surface area is 220 Å². The van der Waals surface area contributed by atoms with Crippen molar-refractivity contribution >= 4 is 29.5 Å². The number of ether oxygens (including phenoxy) is 1. The summed E-state index contributed by atoms with van der Waals surface area (Å²) in [5.41, 5.74) is -0.508. The van der Waals surface area contributed by atoms with Gasteiger partial charge >= 0.3 is 5.97 Å². The van der Waals surface area contributed by atoms with Crippen molar-refractivity contribution in [1.82, 2.24) is 35.3 Å². The first-order chi connectivity index (χ1) is 17.2. The Morgan fingerprint density at radius 1 is 1.11 bits per heavy atom. The molecule has 3 aliphatic rings. The van der Waals surface area contributed by atoms with Crippen LogP contribution in [0.2, 0.25) is 0 Å². The third kappa shape index (κ3) is 4.10. The first-order valence-corrected chi connectivity index (χ1v) is 13.2. The van der Waals surface area contributed by atoms with Crippen molar-refractivity contribution in [3.05, 3.63) is 41.7 Å². The van der Waals surface area contributed by atoms with Gasteiger partial charge in [0.05, 0.1) is 11.1 Å². The number of nitrogens with one attached hydrogen (secondary N) is 1. The van der Waals surface area contributed by atoms with Gasteiger partial charge in [0.2, 0.25) is 11.8 Å². The standard InChI is InChI=1S/C25H33N7O4S/c1-23(2,3)22(35)36-13-30-18(27-28-29-30)17-24(4,5)37-21-16(20(34)31(17)21)32-19(33)15(26-25(32,6)7)14-11-9-8-10-12-14/h8-12,15-17,21,26H,13H2,1-7H3/t15?,16?,17?,21-/m0/s1. The smallest absolute Gasteiger partial charge is 0.313 e. The van der Waals surface area contributed by atoms with Crippen LogP contribution in [-0.4, -0.2) is 69.6 Å². The molecule has 3 fully saturated rings. The summed E-state index contributed by atoms with van der Waals surface area (Å²) in [7, 11) is 0. The number of hydrogen-bond acceptors (Lipinski definition) is 9. The van der Waals surface area contributed by atoms with E-state index in [1.165, 1.54) is 4.68 Å². The molecule has 4 atom stereocenters. The molecule has 1 N–H and O–H groups in total. The normalized spacial score (nSPS) is 28.3. The molecule has 3 unspecified atom stereocenters. The van der Waals surface area contributed by atoms with Gasteiger partial charge < -0.3 is 14.5 Å². The molecular weight excluding hydrogens is 494 g/mol. The molecule has 0 aliphatic carbocycles. The van der Waals surface area contributed by atoms with E-state index in [-0.39, 0.29) is 29.9 Å². The van der Waals surface area contributed by atoms with Gasteiger partial charge in [-0.3, -0.25) is 19.7 Å². The lowest BCUT2D eigenvalue weighted by Crippen LogP contribution is -2.71. The average Bonchev–Trinajstić information content (AvgIpc) is 3.44. The lowest BCUT2D eigenvalue weighted by atomic mass is 9.93. The molecule has 0 bridgehead atoms. The molecule has 3 saturated heterocycles. The third-order valence-corrected chi connectivity index (χ3v) is 8.70. The zero-order valence-electron chi connectivity index (χ0n) is 22.1. The highest BCUT2D eigenvalue weighted by atomic mass is 32.2. The molecule has 1 aromatic carbocycles. The Bertz CT molecular complexity index is 1240. The van der Waals surface area contributed by atoms with E-state index < -0.39 is 34.0 Å². The van der Waals surface area contributed by atoms with Gasteiger partial charge in [0, 0.05) is 4.75 Å². The van der Waals surface area contributed by atoms with Crippen molar-refractivity contribution in [2.45, 2.75) is 89.1 Å². The van der Waals surface area contributed by atoms with Crippen molar-refractivity contribution in [2.75, 3.05) is 0 Å². The number of aromatic nitrogens is 4. The summed E-state index contributed by atoms with van der Waals surface area (Å²) in [4.78, 5) is 43.1. The number of benzene rings is 1. The van der Waals surface area contributed by atoms with Crippen LogP contribution >= 0.6 is 11.8 Å². The predicted octanol–water partition coefficient (Wildman–Crippen LogP) is 2.23. The molecule has 0 radical (unpaired) electrons. The van der Waals surface area contributed by atoms with E-state index in [1.807, 2.05) is 58.0 Å². The number of carbonyl (C=O) groups is 3. The Hall–Kier alpha value is -2.99. The minimum Gasteiger partial charge on any atom is -0.442 e. The molecule has 1 aromatic heterocycles. The second kappa shape index (κ2) is 8.52. The lowest BCUT2D eigenvalue weighted by Gasteiger charge is -2.50. The first kappa shape index (κ1) is 25.7. The highest BCUT2D eigenvalue weighted by Gasteiger charge is 2.67. The minimum atomic E-state index is -0.713. The molecule has 0 spiro atoms. The quantitative estimate of drug-likeness (QED) is 0.461. The number of rotatable bonds is 5. The van der Waals surface area contributed by atoms with Gasteiger partial charge in [-0.25, -0.2) is 0 Å². The molecule has 2 aromatic rings. The summed E-state index contributed by atoms with van der Waals surface area (Å²) >= 11 is 1.63. The molecule has 3 aliphatic heterocycles. The fraction of sp³-hybridized carbons (Fsp3) is 0.600. The number of β-lactam (4-membered cyclic amide) rings is 1. The number of hydrogen-bond donors (Lipinski definition) is 1. The van der Waals surface area contributed by atoms with Crippen LogP contribution in [0.25, 0.3) is 0 Å². The zero-order chi connectivity index (χ0) is 26.9. The molecular formula is C25H33N7O4S. The van der Waals surface area contributed by atoms with E-state index in [9.17, 15) is 14.4 Å². The van der Waals surface area contributed by atoms with Gasteiger partial charge in [0.15, 0.2) is 12.6 Å². The van der Waals surface area contributed by atoms with Crippen LogP contribution < -0.4 is 5.32 Å². The Kier molecular flexibility index (Phi) is 5.91.